The van der Waals surface area contributed by atoms with Crippen LogP contribution >= 0.6 is 0 Å². The van der Waals surface area contributed by atoms with Crippen LogP contribution in [0.5, 0.6) is 0 Å². The van der Waals surface area contributed by atoms with Gasteiger partial charge in [0.15, 0.2) is 0 Å². The Hall–Kier alpha value is -3.31. The second-order valence-electron chi connectivity index (χ2n) is 9.99. The smallest absolute Gasteiger partial charge is 0.416 e. The zero-order valence-electron chi connectivity index (χ0n) is 20.6. The average Bonchev–Trinajstić information content (AvgIpc) is 3.53. The summed E-state index contributed by atoms with van der Waals surface area (Å²) in [5, 5.41) is 6.43. The maximum absolute atomic E-state index is 13.3. The molecule has 0 aliphatic carbocycles. The van der Waals surface area contributed by atoms with E-state index in [2.05, 4.69) is 10.6 Å². The standard InChI is InChI=1S/C28H26F6N2O3/c29-27(30,31)19-11-17(12-20(13-19)28(32,33)34)16-39-24-9-8-23-22(25(37)35-15-21-7-4-10-38-21)14-26(24,36-23)18-5-2-1-3-6-18/h1-7,10-13,22-24,36H,8-9,14-16H2,(H,35,37). The molecule has 208 valence electrons. The largest absolute Gasteiger partial charge is 0.467 e. The topological polar surface area (TPSA) is 63.5 Å². The van der Waals surface area contributed by atoms with E-state index in [0.29, 0.717) is 37.2 Å². The van der Waals surface area contributed by atoms with E-state index in [1.54, 1.807) is 12.1 Å². The number of alkyl halides is 6. The van der Waals surface area contributed by atoms with Gasteiger partial charge in [-0.1, -0.05) is 30.3 Å². The van der Waals surface area contributed by atoms with E-state index < -0.39 is 47.6 Å². The van der Waals surface area contributed by atoms with Crippen molar-refractivity contribution in [2.75, 3.05) is 0 Å². The average molecular weight is 553 g/mol. The first-order chi connectivity index (χ1) is 18.5. The number of benzene rings is 2. The molecule has 2 aromatic carbocycles. The molecule has 0 saturated carbocycles. The number of rotatable bonds is 7. The lowest BCUT2D eigenvalue weighted by atomic mass is 9.80. The molecule has 4 unspecified atom stereocenters. The lowest BCUT2D eigenvalue weighted by molar-refractivity contribution is -0.143. The Balaban J connectivity index is 1.39. The maximum Gasteiger partial charge on any atom is 0.416 e. The summed E-state index contributed by atoms with van der Waals surface area (Å²) >= 11 is 0. The molecule has 5 rings (SSSR count). The van der Waals surface area contributed by atoms with Crippen molar-refractivity contribution in [3.05, 3.63) is 94.9 Å². The molecule has 2 saturated heterocycles. The number of hydrogen-bond acceptors (Lipinski definition) is 4. The summed E-state index contributed by atoms with van der Waals surface area (Å²) in [7, 11) is 0. The molecule has 39 heavy (non-hydrogen) atoms. The normalized spacial score (nSPS) is 25.0. The monoisotopic (exact) mass is 552 g/mol. The van der Waals surface area contributed by atoms with Crippen molar-refractivity contribution in [2.24, 2.45) is 5.92 Å². The van der Waals surface area contributed by atoms with Gasteiger partial charge in [-0.15, -0.1) is 0 Å². The van der Waals surface area contributed by atoms with E-state index in [1.165, 1.54) is 6.26 Å². The fourth-order valence-electron chi connectivity index (χ4n) is 5.70. The molecule has 2 aliphatic heterocycles. The van der Waals surface area contributed by atoms with E-state index >= 15 is 0 Å². The summed E-state index contributed by atoms with van der Waals surface area (Å²) in [5.41, 5.74) is -3.01. The van der Waals surface area contributed by atoms with Crippen molar-refractivity contribution >= 4 is 5.91 Å². The molecule has 3 heterocycles. The molecule has 2 bridgehead atoms. The van der Waals surface area contributed by atoms with Crippen LogP contribution < -0.4 is 10.6 Å². The third-order valence-corrected chi connectivity index (χ3v) is 7.50. The quantitative estimate of drug-likeness (QED) is 0.344. The first kappa shape index (κ1) is 27.3. The molecule has 5 nitrogen and oxygen atoms in total. The zero-order chi connectivity index (χ0) is 27.8. The highest BCUT2D eigenvalue weighted by molar-refractivity contribution is 5.80. The van der Waals surface area contributed by atoms with Crippen LogP contribution in [0.3, 0.4) is 0 Å². The van der Waals surface area contributed by atoms with Crippen LogP contribution in [0, 0.1) is 5.92 Å². The van der Waals surface area contributed by atoms with Crippen molar-refractivity contribution in [3.8, 4) is 0 Å². The number of halogens is 6. The Morgan fingerprint density at radius 3 is 2.28 bits per heavy atom. The Morgan fingerprint density at radius 2 is 1.67 bits per heavy atom. The second-order valence-corrected chi connectivity index (χ2v) is 9.99. The number of carbonyl (C=O) groups is 1. The minimum absolute atomic E-state index is 0.102. The summed E-state index contributed by atoms with van der Waals surface area (Å²) in [6, 6.07) is 14.0. The summed E-state index contributed by atoms with van der Waals surface area (Å²) < 4.78 is 91.4. The van der Waals surface area contributed by atoms with Crippen molar-refractivity contribution in [3.63, 3.8) is 0 Å². The molecule has 2 aliphatic rings. The number of furan rings is 1. The van der Waals surface area contributed by atoms with Gasteiger partial charge in [-0.25, -0.2) is 0 Å². The highest BCUT2D eigenvalue weighted by Crippen LogP contribution is 2.48. The number of piperidine rings is 1. The van der Waals surface area contributed by atoms with Crippen molar-refractivity contribution in [1.82, 2.24) is 10.6 Å². The molecule has 0 radical (unpaired) electrons. The zero-order valence-corrected chi connectivity index (χ0v) is 20.6. The Labute approximate surface area is 220 Å². The Morgan fingerprint density at radius 1 is 0.974 bits per heavy atom. The van der Waals surface area contributed by atoms with Crippen LogP contribution in [0.2, 0.25) is 0 Å². The third-order valence-electron chi connectivity index (χ3n) is 7.50. The van der Waals surface area contributed by atoms with Gasteiger partial charge in [0.1, 0.15) is 5.76 Å². The number of hydrogen-bond donors (Lipinski definition) is 2. The SMILES string of the molecule is O=C(NCc1ccco1)C1CC2(c3ccccc3)NC1CCC2OCc1cc(C(F)(F)F)cc(C(F)(F)F)c1. The van der Waals surface area contributed by atoms with Gasteiger partial charge < -0.3 is 19.8 Å². The van der Waals surface area contributed by atoms with Crippen molar-refractivity contribution < 1.29 is 40.3 Å². The lowest BCUT2D eigenvalue weighted by Gasteiger charge is -2.42. The van der Waals surface area contributed by atoms with Crippen LogP contribution in [0.1, 0.15) is 47.3 Å². The molecule has 0 spiro atoms. The summed E-state index contributed by atoms with van der Waals surface area (Å²) in [6.45, 7) is -0.224. The fourth-order valence-corrected chi connectivity index (χ4v) is 5.70. The van der Waals surface area contributed by atoms with Crippen LogP contribution in [0.25, 0.3) is 0 Å². The number of ether oxygens (including phenoxy) is 1. The summed E-state index contributed by atoms with van der Waals surface area (Å²) in [6.07, 6.45) is -7.59. The van der Waals surface area contributed by atoms with Crippen LogP contribution in [-0.2, 0) is 40.6 Å². The number of fused-ring (bicyclic) bond motifs is 2. The molecule has 2 N–H and O–H groups in total. The van der Waals surface area contributed by atoms with Crippen LogP contribution in [-0.4, -0.2) is 18.1 Å². The summed E-state index contributed by atoms with van der Waals surface area (Å²) in [4.78, 5) is 13.2. The predicted octanol–water partition coefficient (Wildman–Crippen LogP) is 6.19. The van der Waals surface area contributed by atoms with Crippen molar-refractivity contribution in [2.45, 2.75) is 62.5 Å². The van der Waals surface area contributed by atoms with E-state index in [9.17, 15) is 31.1 Å². The lowest BCUT2D eigenvalue weighted by Crippen LogP contribution is -2.54. The van der Waals surface area contributed by atoms with Gasteiger partial charge in [-0.05, 0) is 60.7 Å². The summed E-state index contributed by atoms with van der Waals surface area (Å²) in [5.74, 6) is 0.0183. The first-order valence-electron chi connectivity index (χ1n) is 12.5. The van der Waals surface area contributed by atoms with E-state index in [0.717, 1.165) is 5.56 Å². The molecule has 1 aromatic heterocycles. The van der Waals surface area contributed by atoms with Crippen molar-refractivity contribution in [1.29, 1.82) is 0 Å². The predicted molar refractivity (Wildman–Crippen MR) is 128 cm³/mol. The van der Waals surface area contributed by atoms with Gasteiger partial charge in [0.2, 0.25) is 5.91 Å². The molecule has 2 fully saturated rings. The number of amides is 1. The minimum atomic E-state index is -4.94. The fraction of sp³-hybridized carbons (Fsp3) is 0.393. The first-order valence-corrected chi connectivity index (χ1v) is 12.5. The van der Waals surface area contributed by atoms with Gasteiger partial charge >= 0.3 is 12.4 Å². The Kier molecular flexibility index (Phi) is 7.23. The van der Waals surface area contributed by atoms with Gasteiger partial charge in [-0.2, -0.15) is 26.3 Å². The Bertz CT molecular complexity index is 1260. The second kappa shape index (κ2) is 10.3. The van der Waals surface area contributed by atoms with E-state index in [-0.39, 0.29) is 30.1 Å². The highest BCUT2D eigenvalue weighted by Gasteiger charge is 2.56. The number of carbonyl (C=O) groups excluding carboxylic acids is 1. The van der Waals surface area contributed by atoms with Gasteiger partial charge in [0.25, 0.3) is 0 Å². The molecule has 4 atom stereocenters. The van der Waals surface area contributed by atoms with Gasteiger partial charge in [-0.3, -0.25) is 4.79 Å². The molecule has 3 aromatic rings. The van der Waals surface area contributed by atoms with Crippen LogP contribution in [0.4, 0.5) is 26.3 Å². The van der Waals surface area contributed by atoms with E-state index in [1.807, 2.05) is 30.3 Å². The maximum atomic E-state index is 13.3. The van der Waals surface area contributed by atoms with Gasteiger partial charge in [0, 0.05) is 6.04 Å². The van der Waals surface area contributed by atoms with E-state index in [4.69, 9.17) is 9.15 Å². The molecule has 1 amide bonds. The highest BCUT2D eigenvalue weighted by atomic mass is 19.4. The third kappa shape index (κ3) is 5.69. The molecule has 11 heteroatoms. The van der Waals surface area contributed by atoms with Crippen LogP contribution in [0.15, 0.2) is 71.3 Å². The minimum Gasteiger partial charge on any atom is -0.467 e. The molecular weight excluding hydrogens is 526 g/mol. The molecular formula is C28H26F6N2O3. The number of nitrogens with one attached hydrogen (secondary N) is 2. The van der Waals surface area contributed by atoms with Gasteiger partial charge in [0.05, 0.1) is 48.1 Å².